The van der Waals surface area contributed by atoms with Gasteiger partial charge in [-0.2, -0.15) is 0 Å². The number of rotatable bonds is 7. The Bertz CT molecular complexity index is 631. The zero-order chi connectivity index (χ0) is 18.7. The molecule has 0 amide bonds. The van der Waals surface area contributed by atoms with Crippen LogP contribution in [0.1, 0.15) is 18.4 Å². The van der Waals surface area contributed by atoms with Crippen LogP contribution in [0.4, 0.5) is 0 Å². The van der Waals surface area contributed by atoms with Crippen molar-refractivity contribution in [3.63, 3.8) is 0 Å². The van der Waals surface area contributed by atoms with Crippen molar-refractivity contribution in [3.05, 3.63) is 23.8 Å². The summed E-state index contributed by atoms with van der Waals surface area (Å²) in [6.45, 7) is 8.64. The maximum absolute atomic E-state index is 5.57. The molecule has 2 saturated heterocycles. The van der Waals surface area contributed by atoms with E-state index in [-0.39, 0.29) is 0 Å². The number of hydrogen-bond donors (Lipinski definition) is 0. The van der Waals surface area contributed by atoms with Gasteiger partial charge in [0.1, 0.15) is 0 Å². The molecule has 4 rings (SSSR count). The SMILES string of the molecule is COCCN1C[C@H](COC)C2(CCN(Cc3ccc4c(c3)OCO4)CC2)C1. The van der Waals surface area contributed by atoms with Crippen molar-refractivity contribution >= 4 is 0 Å². The molecule has 3 aliphatic rings. The predicted molar refractivity (Wildman–Crippen MR) is 103 cm³/mol. The maximum Gasteiger partial charge on any atom is 0.231 e. The number of benzene rings is 1. The van der Waals surface area contributed by atoms with Crippen LogP contribution in [0.5, 0.6) is 11.5 Å². The van der Waals surface area contributed by atoms with Gasteiger partial charge >= 0.3 is 0 Å². The number of nitrogens with zero attached hydrogens (tertiary/aromatic N) is 2. The largest absolute Gasteiger partial charge is 0.454 e. The summed E-state index contributed by atoms with van der Waals surface area (Å²) in [6.07, 6.45) is 2.49. The van der Waals surface area contributed by atoms with Crippen LogP contribution >= 0.6 is 0 Å². The van der Waals surface area contributed by atoms with E-state index in [0.29, 0.717) is 18.1 Å². The third-order valence-electron chi connectivity index (χ3n) is 6.56. The average molecular weight is 376 g/mol. The fraction of sp³-hybridized carbons (Fsp3) is 0.714. The Morgan fingerprint density at radius 3 is 2.67 bits per heavy atom. The molecular weight excluding hydrogens is 344 g/mol. The van der Waals surface area contributed by atoms with Crippen molar-refractivity contribution in [2.45, 2.75) is 19.4 Å². The van der Waals surface area contributed by atoms with Crippen molar-refractivity contribution in [3.8, 4) is 11.5 Å². The van der Waals surface area contributed by atoms with E-state index in [9.17, 15) is 0 Å². The smallest absolute Gasteiger partial charge is 0.231 e. The van der Waals surface area contributed by atoms with Crippen molar-refractivity contribution in [2.24, 2.45) is 11.3 Å². The van der Waals surface area contributed by atoms with E-state index < -0.39 is 0 Å². The zero-order valence-electron chi connectivity index (χ0n) is 16.6. The molecule has 1 spiro atoms. The minimum Gasteiger partial charge on any atom is -0.454 e. The summed E-state index contributed by atoms with van der Waals surface area (Å²) >= 11 is 0. The Hall–Kier alpha value is -1.34. The van der Waals surface area contributed by atoms with Crippen molar-refractivity contribution in [1.82, 2.24) is 9.80 Å². The standard InChI is InChI=1S/C21H32N2O4/c1-24-10-9-23-13-18(14-25-2)21(15-23)5-7-22(8-6-21)12-17-3-4-19-20(11-17)27-16-26-19/h3-4,11,18H,5-10,12-16H2,1-2H3/t18-/m1/s1. The Morgan fingerprint density at radius 1 is 1.07 bits per heavy atom. The molecule has 6 heteroatoms. The van der Waals surface area contributed by atoms with Crippen LogP contribution in [0.25, 0.3) is 0 Å². The first-order valence-electron chi connectivity index (χ1n) is 10.0. The molecule has 3 heterocycles. The van der Waals surface area contributed by atoms with Crippen molar-refractivity contribution < 1.29 is 18.9 Å². The van der Waals surface area contributed by atoms with E-state index in [1.54, 1.807) is 7.11 Å². The lowest BCUT2D eigenvalue weighted by atomic mass is 9.71. The molecule has 0 unspecified atom stereocenters. The molecule has 0 radical (unpaired) electrons. The molecule has 0 N–H and O–H groups in total. The van der Waals surface area contributed by atoms with E-state index in [0.717, 1.165) is 57.4 Å². The Morgan fingerprint density at radius 2 is 1.89 bits per heavy atom. The number of ether oxygens (including phenoxy) is 4. The van der Waals surface area contributed by atoms with Crippen LogP contribution in [0.3, 0.4) is 0 Å². The third kappa shape index (κ3) is 4.09. The van der Waals surface area contributed by atoms with Crippen LogP contribution in [0.15, 0.2) is 18.2 Å². The molecule has 0 aliphatic carbocycles. The molecule has 1 aromatic carbocycles. The van der Waals surface area contributed by atoms with E-state index in [4.69, 9.17) is 18.9 Å². The summed E-state index contributed by atoms with van der Waals surface area (Å²) in [6, 6.07) is 6.32. The second-order valence-electron chi connectivity index (χ2n) is 8.21. The van der Waals surface area contributed by atoms with Gasteiger partial charge in [0.25, 0.3) is 0 Å². The quantitative estimate of drug-likeness (QED) is 0.727. The number of likely N-dealkylation sites (tertiary alicyclic amines) is 2. The first-order valence-corrected chi connectivity index (χ1v) is 10.0. The molecule has 0 aromatic heterocycles. The number of methoxy groups -OCH3 is 2. The van der Waals surface area contributed by atoms with Gasteiger partial charge in [0.2, 0.25) is 6.79 Å². The normalized spacial score (nSPS) is 24.7. The van der Waals surface area contributed by atoms with Crippen molar-refractivity contribution in [1.29, 1.82) is 0 Å². The molecule has 27 heavy (non-hydrogen) atoms. The predicted octanol–water partition coefficient (Wildman–Crippen LogP) is 2.22. The molecular formula is C21H32N2O4. The van der Waals surface area contributed by atoms with Crippen LogP contribution in [-0.2, 0) is 16.0 Å². The first kappa shape index (κ1) is 19.0. The fourth-order valence-electron chi connectivity index (χ4n) is 4.99. The third-order valence-corrected chi connectivity index (χ3v) is 6.56. The lowest BCUT2D eigenvalue weighted by molar-refractivity contribution is 0.0348. The molecule has 0 saturated carbocycles. The minimum absolute atomic E-state index is 0.339. The number of hydrogen-bond acceptors (Lipinski definition) is 6. The zero-order valence-corrected chi connectivity index (χ0v) is 16.6. The summed E-state index contributed by atoms with van der Waals surface area (Å²) in [7, 11) is 3.62. The highest BCUT2D eigenvalue weighted by molar-refractivity contribution is 5.44. The van der Waals surface area contributed by atoms with Crippen molar-refractivity contribution in [2.75, 3.05) is 67.0 Å². The average Bonchev–Trinajstić information content (AvgIpc) is 3.27. The topological polar surface area (TPSA) is 43.4 Å². The summed E-state index contributed by atoms with van der Waals surface area (Å²) in [4.78, 5) is 5.14. The van der Waals surface area contributed by atoms with Crippen LogP contribution < -0.4 is 9.47 Å². The lowest BCUT2D eigenvalue weighted by Gasteiger charge is -2.42. The summed E-state index contributed by atoms with van der Waals surface area (Å²) in [5.74, 6) is 2.37. The maximum atomic E-state index is 5.57. The van der Waals surface area contributed by atoms with Crippen LogP contribution in [0, 0.1) is 11.3 Å². The van der Waals surface area contributed by atoms with Crippen LogP contribution in [0.2, 0.25) is 0 Å². The van der Waals surface area contributed by atoms with Gasteiger partial charge in [0.15, 0.2) is 11.5 Å². The second kappa shape index (κ2) is 8.35. The molecule has 3 aliphatic heterocycles. The number of piperidine rings is 1. The van der Waals surface area contributed by atoms with E-state index in [1.165, 1.54) is 24.9 Å². The van der Waals surface area contributed by atoms with Gasteiger partial charge in [-0.05, 0) is 49.0 Å². The Kier molecular flexibility index (Phi) is 5.88. The van der Waals surface area contributed by atoms with Gasteiger partial charge in [0, 0.05) is 46.3 Å². The fourth-order valence-corrected chi connectivity index (χ4v) is 4.99. The van der Waals surface area contributed by atoms with Gasteiger partial charge in [-0.25, -0.2) is 0 Å². The van der Waals surface area contributed by atoms with Crippen LogP contribution in [-0.4, -0.2) is 76.7 Å². The molecule has 1 atom stereocenters. The second-order valence-corrected chi connectivity index (χ2v) is 8.21. The number of fused-ring (bicyclic) bond motifs is 1. The minimum atomic E-state index is 0.339. The Labute approximate surface area is 162 Å². The van der Waals surface area contributed by atoms with E-state index in [1.807, 2.05) is 13.2 Å². The summed E-state index contributed by atoms with van der Waals surface area (Å²) < 4.78 is 21.8. The highest BCUT2D eigenvalue weighted by atomic mass is 16.7. The molecule has 0 bridgehead atoms. The van der Waals surface area contributed by atoms with Gasteiger partial charge in [-0.3, -0.25) is 4.90 Å². The monoisotopic (exact) mass is 376 g/mol. The first-order chi connectivity index (χ1) is 13.2. The molecule has 2 fully saturated rings. The summed E-state index contributed by atoms with van der Waals surface area (Å²) in [5.41, 5.74) is 1.70. The van der Waals surface area contributed by atoms with Gasteiger partial charge in [0.05, 0.1) is 13.2 Å². The summed E-state index contributed by atoms with van der Waals surface area (Å²) in [5, 5.41) is 0. The molecule has 150 valence electrons. The van der Waals surface area contributed by atoms with E-state index >= 15 is 0 Å². The lowest BCUT2D eigenvalue weighted by Crippen LogP contribution is -2.45. The Balaban J connectivity index is 1.35. The van der Waals surface area contributed by atoms with Gasteiger partial charge in [-0.1, -0.05) is 6.07 Å². The van der Waals surface area contributed by atoms with Gasteiger partial charge < -0.3 is 23.8 Å². The highest BCUT2D eigenvalue weighted by Gasteiger charge is 2.47. The highest BCUT2D eigenvalue weighted by Crippen LogP contribution is 2.45. The molecule has 6 nitrogen and oxygen atoms in total. The van der Waals surface area contributed by atoms with Gasteiger partial charge in [-0.15, -0.1) is 0 Å². The van der Waals surface area contributed by atoms with E-state index in [2.05, 4.69) is 21.9 Å². The molecule has 1 aromatic rings.